The van der Waals surface area contributed by atoms with E-state index in [2.05, 4.69) is 66.7 Å². The van der Waals surface area contributed by atoms with Gasteiger partial charge in [0.05, 0.1) is 11.7 Å². The lowest BCUT2D eigenvalue weighted by Crippen LogP contribution is -2.20. The molecule has 0 aliphatic heterocycles. The smallest absolute Gasteiger partial charge is 0.262 e. The van der Waals surface area contributed by atoms with E-state index in [9.17, 15) is 4.79 Å². The maximum Gasteiger partial charge on any atom is 0.262 e. The highest BCUT2D eigenvalue weighted by Crippen LogP contribution is 2.31. The fourth-order valence-corrected chi connectivity index (χ4v) is 4.25. The summed E-state index contributed by atoms with van der Waals surface area (Å²) in [6, 6.07) is 16.7. The van der Waals surface area contributed by atoms with Crippen LogP contribution in [0.25, 0.3) is 21.3 Å². The number of thiophene rings is 1. The fraction of sp³-hybridized carbons (Fsp3) is 0.217. The molecular formula is C23H22N2OS. The molecule has 3 nitrogen and oxygen atoms in total. The zero-order valence-corrected chi connectivity index (χ0v) is 16.4. The molecule has 0 aliphatic rings. The molecule has 0 bridgehead atoms. The molecule has 0 aliphatic carbocycles. The van der Waals surface area contributed by atoms with Gasteiger partial charge >= 0.3 is 0 Å². The van der Waals surface area contributed by atoms with Gasteiger partial charge < -0.3 is 0 Å². The lowest BCUT2D eigenvalue weighted by atomic mass is 10.0. The number of hydrogen-bond donors (Lipinski definition) is 0. The summed E-state index contributed by atoms with van der Waals surface area (Å²) in [5, 5.41) is 2.79. The molecule has 27 heavy (non-hydrogen) atoms. The highest BCUT2D eigenvalue weighted by Gasteiger charge is 2.13. The number of benzene rings is 2. The minimum absolute atomic E-state index is 0.0579. The highest BCUT2D eigenvalue weighted by atomic mass is 32.1. The van der Waals surface area contributed by atoms with E-state index in [1.165, 1.54) is 28.0 Å². The van der Waals surface area contributed by atoms with Crippen LogP contribution in [0.3, 0.4) is 0 Å². The maximum atomic E-state index is 13.1. The van der Waals surface area contributed by atoms with Gasteiger partial charge in [0.1, 0.15) is 4.83 Å². The van der Waals surface area contributed by atoms with E-state index >= 15 is 0 Å². The first kappa shape index (κ1) is 17.7. The predicted octanol–water partition coefficient (Wildman–Crippen LogP) is 5.37. The first-order chi connectivity index (χ1) is 13.1. The summed E-state index contributed by atoms with van der Waals surface area (Å²) in [7, 11) is 0. The Bertz CT molecular complexity index is 1140. The van der Waals surface area contributed by atoms with Crippen molar-refractivity contribution in [2.75, 3.05) is 0 Å². The van der Waals surface area contributed by atoms with Crippen molar-refractivity contribution in [1.82, 2.24) is 9.55 Å². The lowest BCUT2D eigenvalue weighted by Gasteiger charge is -2.07. The largest absolute Gasteiger partial charge is 0.299 e. The quantitative estimate of drug-likeness (QED) is 0.470. The van der Waals surface area contributed by atoms with Gasteiger partial charge in [-0.1, -0.05) is 48.5 Å². The van der Waals surface area contributed by atoms with Gasteiger partial charge in [-0.15, -0.1) is 11.3 Å². The highest BCUT2D eigenvalue weighted by molar-refractivity contribution is 7.17. The van der Waals surface area contributed by atoms with Crippen LogP contribution in [0.5, 0.6) is 0 Å². The molecule has 4 heteroatoms. The zero-order valence-electron chi connectivity index (χ0n) is 15.6. The molecule has 0 radical (unpaired) electrons. The number of aryl methyl sites for hydroxylation is 4. The molecule has 0 unspecified atom stereocenters. The van der Waals surface area contributed by atoms with E-state index in [0.29, 0.717) is 6.54 Å². The Kier molecular flexibility index (Phi) is 4.90. The summed E-state index contributed by atoms with van der Waals surface area (Å²) < 4.78 is 1.75. The van der Waals surface area contributed by atoms with Crippen molar-refractivity contribution in [3.05, 3.63) is 87.3 Å². The molecule has 4 rings (SSSR count). The summed E-state index contributed by atoms with van der Waals surface area (Å²) in [5.41, 5.74) is 5.93. The summed E-state index contributed by atoms with van der Waals surface area (Å²) in [5.74, 6) is 0. The van der Waals surface area contributed by atoms with Gasteiger partial charge in [0, 0.05) is 17.5 Å². The van der Waals surface area contributed by atoms with Crippen molar-refractivity contribution >= 4 is 21.6 Å². The molecule has 0 saturated heterocycles. The summed E-state index contributed by atoms with van der Waals surface area (Å²) in [4.78, 5) is 18.5. The Balaban J connectivity index is 1.65. The molecule has 2 aromatic carbocycles. The molecule has 4 aromatic rings. The fourth-order valence-electron chi connectivity index (χ4n) is 3.35. The molecule has 2 aromatic heterocycles. The second-order valence-corrected chi connectivity index (χ2v) is 7.82. The van der Waals surface area contributed by atoms with Crippen molar-refractivity contribution < 1.29 is 0 Å². The monoisotopic (exact) mass is 374 g/mol. The number of rotatable bonds is 5. The summed E-state index contributed by atoms with van der Waals surface area (Å²) >= 11 is 1.54. The molecular weight excluding hydrogens is 352 g/mol. The number of fused-ring (bicyclic) bond motifs is 1. The molecule has 0 amide bonds. The summed E-state index contributed by atoms with van der Waals surface area (Å²) in [6.45, 7) is 4.89. The van der Waals surface area contributed by atoms with Crippen LogP contribution in [0.1, 0.15) is 23.1 Å². The van der Waals surface area contributed by atoms with Crippen molar-refractivity contribution in [1.29, 1.82) is 0 Å². The topological polar surface area (TPSA) is 34.9 Å². The number of aromatic nitrogens is 2. The van der Waals surface area contributed by atoms with Crippen molar-refractivity contribution in [3.8, 4) is 11.1 Å². The minimum Gasteiger partial charge on any atom is -0.299 e. The van der Waals surface area contributed by atoms with Crippen molar-refractivity contribution in [2.24, 2.45) is 0 Å². The van der Waals surface area contributed by atoms with E-state index in [1.807, 2.05) is 6.07 Å². The van der Waals surface area contributed by atoms with Gasteiger partial charge in [0.25, 0.3) is 5.56 Å². The van der Waals surface area contributed by atoms with Crippen LogP contribution in [0.2, 0.25) is 0 Å². The normalized spacial score (nSPS) is 11.2. The van der Waals surface area contributed by atoms with Gasteiger partial charge in [-0.05, 0) is 48.9 Å². The average molecular weight is 375 g/mol. The molecule has 0 fully saturated rings. The van der Waals surface area contributed by atoms with Crippen LogP contribution in [0.4, 0.5) is 0 Å². The molecule has 0 N–H and O–H groups in total. The average Bonchev–Trinajstić information content (AvgIpc) is 3.12. The third-order valence-electron chi connectivity index (χ3n) is 5.09. The van der Waals surface area contributed by atoms with E-state index in [0.717, 1.165) is 34.2 Å². The Labute approximate surface area is 163 Å². The van der Waals surface area contributed by atoms with Gasteiger partial charge in [0.15, 0.2) is 0 Å². The van der Waals surface area contributed by atoms with E-state index < -0.39 is 0 Å². The van der Waals surface area contributed by atoms with Gasteiger partial charge in [0.2, 0.25) is 0 Å². The molecule has 0 spiro atoms. The van der Waals surface area contributed by atoms with Crippen LogP contribution >= 0.6 is 11.3 Å². The van der Waals surface area contributed by atoms with Crippen LogP contribution in [-0.4, -0.2) is 9.55 Å². The van der Waals surface area contributed by atoms with Gasteiger partial charge in [-0.3, -0.25) is 9.36 Å². The van der Waals surface area contributed by atoms with Crippen LogP contribution in [0, 0.1) is 13.8 Å². The van der Waals surface area contributed by atoms with Crippen LogP contribution in [-0.2, 0) is 13.0 Å². The minimum atomic E-state index is 0.0579. The third kappa shape index (κ3) is 3.58. The van der Waals surface area contributed by atoms with E-state index in [-0.39, 0.29) is 5.56 Å². The lowest BCUT2D eigenvalue weighted by molar-refractivity contribution is 0.618. The number of nitrogens with zero attached hydrogens (tertiary/aromatic N) is 2. The second kappa shape index (κ2) is 7.49. The van der Waals surface area contributed by atoms with Crippen molar-refractivity contribution in [3.63, 3.8) is 0 Å². The molecule has 0 atom stereocenters. The Hall–Kier alpha value is -2.72. The number of hydrogen-bond acceptors (Lipinski definition) is 3. The Morgan fingerprint density at radius 1 is 1.04 bits per heavy atom. The molecule has 0 saturated carbocycles. The molecule has 2 heterocycles. The Morgan fingerprint density at radius 3 is 2.63 bits per heavy atom. The van der Waals surface area contributed by atoms with Crippen LogP contribution in [0.15, 0.2) is 65.0 Å². The van der Waals surface area contributed by atoms with E-state index in [4.69, 9.17) is 0 Å². The molecule has 136 valence electrons. The first-order valence-corrected chi connectivity index (χ1v) is 10.1. The SMILES string of the molecule is Cc1ccc(-c2csc3ncn(CCCc4ccccc4)c(=O)c23)cc1C. The standard InChI is InChI=1S/C23H22N2OS/c1-16-10-11-19(13-17(16)2)20-14-27-22-21(20)23(26)25(15-24-22)12-6-9-18-7-4-3-5-8-18/h3-5,7-8,10-11,13-15H,6,9,12H2,1-2H3. The maximum absolute atomic E-state index is 13.1. The van der Waals surface area contributed by atoms with E-state index in [1.54, 1.807) is 10.9 Å². The first-order valence-electron chi connectivity index (χ1n) is 9.21. The van der Waals surface area contributed by atoms with Gasteiger partial charge in [-0.25, -0.2) is 4.98 Å². The summed E-state index contributed by atoms with van der Waals surface area (Å²) in [6.07, 6.45) is 3.56. The zero-order chi connectivity index (χ0) is 18.8. The van der Waals surface area contributed by atoms with Gasteiger partial charge in [-0.2, -0.15) is 0 Å². The third-order valence-corrected chi connectivity index (χ3v) is 5.97. The predicted molar refractivity (Wildman–Crippen MR) is 114 cm³/mol. The van der Waals surface area contributed by atoms with Crippen LogP contribution < -0.4 is 5.56 Å². The Morgan fingerprint density at radius 2 is 1.85 bits per heavy atom. The van der Waals surface area contributed by atoms with Crippen molar-refractivity contribution in [2.45, 2.75) is 33.2 Å². The second-order valence-electron chi connectivity index (χ2n) is 6.96.